The predicted octanol–water partition coefficient (Wildman–Crippen LogP) is 0.999. The summed E-state index contributed by atoms with van der Waals surface area (Å²) in [6.07, 6.45) is 0.831. The molecule has 98 valence electrons. The average molecular weight is 251 g/mol. The van der Waals surface area contributed by atoms with Crippen LogP contribution in [0.15, 0.2) is 18.2 Å². The molecule has 4 nitrogen and oxygen atoms in total. The Kier molecular flexibility index (Phi) is 3.81. The second-order valence-corrected chi connectivity index (χ2v) is 4.58. The Morgan fingerprint density at radius 3 is 3.06 bits per heavy atom. The number of anilines is 1. The molecule has 1 heterocycles. The number of hydrogen-bond donors (Lipinski definition) is 2. The third-order valence-electron chi connectivity index (χ3n) is 3.20. The van der Waals surface area contributed by atoms with Crippen molar-refractivity contribution in [3.63, 3.8) is 0 Å². The Hall–Kier alpha value is -1.62. The van der Waals surface area contributed by atoms with Gasteiger partial charge < -0.3 is 16.0 Å². The van der Waals surface area contributed by atoms with Gasteiger partial charge in [-0.3, -0.25) is 4.79 Å². The summed E-state index contributed by atoms with van der Waals surface area (Å²) in [6.45, 7) is 3.18. The quantitative estimate of drug-likeness (QED) is 0.842. The number of nitrogens with two attached hydrogens (primary N) is 1. The lowest BCUT2D eigenvalue weighted by Gasteiger charge is -2.22. The van der Waals surface area contributed by atoms with E-state index >= 15 is 0 Å². The molecule has 1 amide bonds. The molecule has 18 heavy (non-hydrogen) atoms. The number of rotatable bonds is 3. The molecule has 0 radical (unpaired) electrons. The number of benzene rings is 1. The summed E-state index contributed by atoms with van der Waals surface area (Å²) in [4.78, 5) is 13.0. The van der Waals surface area contributed by atoms with Crippen molar-refractivity contribution in [2.45, 2.75) is 25.9 Å². The van der Waals surface area contributed by atoms with E-state index in [1.54, 1.807) is 6.07 Å². The van der Waals surface area contributed by atoms with Crippen LogP contribution in [-0.4, -0.2) is 25.0 Å². The first kappa shape index (κ1) is 12.8. The maximum Gasteiger partial charge on any atom is 0.217 e. The van der Waals surface area contributed by atoms with E-state index in [9.17, 15) is 9.18 Å². The molecule has 1 saturated heterocycles. The summed E-state index contributed by atoms with van der Waals surface area (Å²) in [7, 11) is 0. The predicted molar refractivity (Wildman–Crippen MR) is 68.7 cm³/mol. The second kappa shape index (κ2) is 5.35. The molecule has 1 aliphatic heterocycles. The summed E-state index contributed by atoms with van der Waals surface area (Å²) in [6, 6.07) is 5.04. The first-order valence-electron chi connectivity index (χ1n) is 6.11. The van der Waals surface area contributed by atoms with Crippen molar-refractivity contribution in [1.29, 1.82) is 0 Å². The molecule has 0 spiro atoms. The Bertz CT molecular complexity index is 450. The van der Waals surface area contributed by atoms with Gasteiger partial charge in [-0.1, -0.05) is 12.1 Å². The number of para-hydroxylation sites is 1. The minimum atomic E-state index is -0.249. The molecule has 1 atom stereocenters. The van der Waals surface area contributed by atoms with E-state index in [1.165, 1.54) is 13.0 Å². The number of amides is 1. The van der Waals surface area contributed by atoms with Crippen LogP contribution in [0.2, 0.25) is 0 Å². The van der Waals surface area contributed by atoms with E-state index in [0.717, 1.165) is 18.5 Å². The van der Waals surface area contributed by atoms with Crippen LogP contribution in [0.5, 0.6) is 0 Å². The lowest BCUT2D eigenvalue weighted by Crippen LogP contribution is -2.36. The van der Waals surface area contributed by atoms with Gasteiger partial charge in [-0.15, -0.1) is 0 Å². The average Bonchev–Trinajstić information content (AvgIpc) is 2.75. The summed E-state index contributed by atoms with van der Waals surface area (Å²) in [5.74, 6) is -0.296. The monoisotopic (exact) mass is 251 g/mol. The van der Waals surface area contributed by atoms with Crippen LogP contribution in [0.3, 0.4) is 0 Å². The highest BCUT2D eigenvalue weighted by molar-refractivity contribution is 5.73. The molecule has 2 rings (SSSR count). The van der Waals surface area contributed by atoms with Crippen LogP contribution in [0.1, 0.15) is 18.9 Å². The molecule has 3 N–H and O–H groups in total. The molecular weight excluding hydrogens is 233 g/mol. The lowest BCUT2D eigenvalue weighted by molar-refractivity contribution is -0.119. The topological polar surface area (TPSA) is 58.4 Å². The van der Waals surface area contributed by atoms with Gasteiger partial charge in [0.15, 0.2) is 0 Å². The zero-order valence-electron chi connectivity index (χ0n) is 10.4. The van der Waals surface area contributed by atoms with E-state index < -0.39 is 0 Å². The van der Waals surface area contributed by atoms with Gasteiger partial charge in [0.05, 0.1) is 5.69 Å². The van der Waals surface area contributed by atoms with Crippen LogP contribution >= 0.6 is 0 Å². The van der Waals surface area contributed by atoms with Crippen molar-refractivity contribution in [3.05, 3.63) is 29.6 Å². The van der Waals surface area contributed by atoms with Gasteiger partial charge >= 0.3 is 0 Å². The minimum Gasteiger partial charge on any atom is -0.367 e. The molecular formula is C13H18FN3O. The zero-order chi connectivity index (χ0) is 13.1. The number of nitrogens with one attached hydrogen (secondary N) is 1. The van der Waals surface area contributed by atoms with Crippen molar-refractivity contribution in [3.8, 4) is 0 Å². The smallest absolute Gasteiger partial charge is 0.217 e. The van der Waals surface area contributed by atoms with Crippen molar-refractivity contribution >= 4 is 11.6 Å². The lowest BCUT2D eigenvalue weighted by atomic mass is 10.1. The van der Waals surface area contributed by atoms with Crippen LogP contribution < -0.4 is 16.0 Å². The SMILES string of the molecule is CC(=O)NC1CCN(c2c(F)cccc2CN)C1. The van der Waals surface area contributed by atoms with Gasteiger partial charge in [0.2, 0.25) is 5.91 Å². The fourth-order valence-electron chi connectivity index (χ4n) is 2.45. The molecule has 1 aliphatic rings. The maximum atomic E-state index is 13.9. The van der Waals surface area contributed by atoms with E-state index in [1.807, 2.05) is 11.0 Å². The van der Waals surface area contributed by atoms with E-state index in [2.05, 4.69) is 5.32 Å². The van der Waals surface area contributed by atoms with Gasteiger partial charge in [0.1, 0.15) is 5.82 Å². The highest BCUT2D eigenvalue weighted by Gasteiger charge is 2.26. The third kappa shape index (κ3) is 2.61. The molecule has 0 bridgehead atoms. The van der Waals surface area contributed by atoms with Crippen molar-refractivity contribution in [2.24, 2.45) is 5.73 Å². The van der Waals surface area contributed by atoms with Gasteiger partial charge in [-0.05, 0) is 18.1 Å². The molecule has 1 aromatic carbocycles. The van der Waals surface area contributed by atoms with E-state index in [-0.39, 0.29) is 17.8 Å². The van der Waals surface area contributed by atoms with Crippen LogP contribution in [0.25, 0.3) is 0 Å². The van der Waals surface area contributed by atoms with Gasteiger partial charge in [0.25, 0.3) is 0 Å². The normalized spacial score (nSPS) is 19.1. The first-order valence-corrected chi connectivity index (χ1v) is 6.11. The Balaban J connectivity index is 2.16. The highest BCUT2D eigenvalue weighted by Crippen LogP contribution is 2.27. The zero-order valence-corrected chi connectivity index (χ0v) is 10.4. The van der Waals surface area contributed by atoms with Gasteiger partial charge in [0, 0.05) is 32.6 Å². The van der Waals surface area contributed by atoms with Crippen molar-refractivity contribution < 1.29 is 9.18 Å². The molecule has 1 aromatic rings. The first-order chi connectivity index (χ1) is 8.61. The summed E-state index contributed by atoms with van der Waals surface area (Å²) >= 11 is 0. The molecule has 0 saturated carbocycles. The van der Waals surface area contributed by atoms with Crippen LogP contribution in [-0.2, 0) is 11.3 Å². The maximum absolute atomic E-state index is 13.9. The molecule has 0 aromatic heterocycles. The van der Waals surface area contributed by atoms with E-state index in [0.29, 0.717) is 18.8 Å². The fraction of sp³-hybridized carbons (Fsp3) is 0.462. The van der Waals surface area contributed by atoms with Crippen molar-refractivity contribution in [2.75, 3.05) is 18.0 Å². The van der Waals surface area contributed by atoms with Gasteiger partial charge in [-0.25, -0.2) is 4.39 Å². The number of carbonyl (C=O) groups is 1. The number of carbonyl (C=O) groups excluding carboxylic acids is 1. The summed E-state index contributed by atoms with van der Waals surface area (Å²) < 4.78 is 13.9. The number of hydrogen-bond acceptors (Lipinski definition) is 3. The van der Waals surface area contributed by atoms with Crippen LogP contribution in [0, 0.1) is 5.82 Å². The molecule has 1 unspecified atom stereocenters. The molecule has 5 heteroatoms. The second-order valence-electron chi connectivity index (χ2n) is 4.58. The number of nitrogens with zero attached hydrogens (tertiary/aromatic N) is 1. The Morgan fingerprint density at radius 2 is 2.39 bits per heavy atom. The number of halogens is 1. The summed E-state index contributed by atoms with van der Waals surface area (Å²) in [5.41, 5.74) is 7.02. The van der Waals surface area contributed by atoms with Crippen LogP contribution in [0.4, 0.5) is 10.1 Å². The van der Waals surface area contributed by atoms with E-state index in [4.69, 9.17) is 5.73 Å². The standard InChI is InChI=1S/C13H18FN3O/c1-9(18)16-11-5-6-17(8-11)13-10(7-15)3-2-4-12(13)14/h2-4,11H,5-8,15H2,1H3,(H,16,18). The minimum absolute atomic E-state index is 0.0468. The highest BCUT2D eigenvalue weighted by atomic mass is 19.1. The summed E-state index contributed by atoms with van der Waals surface area (Å²) in [5, 5.41) is 2.86. The Morgan fingerprint density at radius 1 is 1.61 bits per heavy atom. The van der Waals surface area contributed by atoms with Gasteiger partial charge in [-0.2, -0.15) is 0 Å². The van der Waals surface area contributed by atoms with Crippen molar-refractivity contribution in [1.82, 2.24) is 5.32 Å². The molecule has 0 aliphatic carbocycles. The molecule has 1 fully saturated rings. The Labute approximate surface area is 106 Å². The third-order valence-corrected chi connectivity index (χ3v) is 3.20. The largest absolute Gasteiger partial charge is 0.367 e. The fourth-order valence-corrected chi connectivity index (χ4v) is 2.45.